The number of nitrogens with zero attached hydrogens (tertiary/aromatic N) is 1. The molecule has 0 bridgehead atoms. The van der Waals surface area contributed by atoms with Crippen molar-refractivity contribution in [3.8, 4) is 0 Å². The molecule has 24 heavy (non-hydrogen) atoms. The molecule has 128 valence electrons. The summed E-state index contributed by atoms with van der Waals surface area (Å²) in [7, 11) is 0. The number of carbonyl (C=O) groups is 3. The molecule has 1 saturated carbocycles. The molecule has 2 aliphatic rings. The van der Waals surface area contributed by atoms with Gasteiger partial charge in [0.15, 0.2) is 0 Å². The molecule has 0 aromatic heterocycles. The third-order valence-corrected chi connectivity index (χ3v) is 6.64. The highest BCUT2D eigenvalue weighted by Crippen LogP contribution is 2.60. The van der Waals surface area contributed by atoms with E-state index in [1.54, 1.807) is 12.1 Å². The van der Waals surface area contributed by atoms with Crippen LogP contribution in [0, 0.1) is 11.3 Å². The van der Waals surface area contributed by atoms with Crippen molar-refractivity contribution in [2.75, 3.05) is 6.54 Å². The van der Waals surface area contributed by atoms with Crippen LogP contribution in [-0.4, -0.2) is 44.8 Å². The van der Waals surface area contributed by atoms with Crippen LogP contribution < -0.4 is 0 Å². The molecule has 2 fully saturated rings. The number of carboxylic acid groups (broad SMARTS) is 1. The predicted octanol–water partition coefficient (Wildman–Crippen LogP) is 2.66. The van der Waals surface area contributed by atoms with Gasteiger partial charge in [-0.3, -0.25) is 9.59 Å². The Morgan fingerprint density at radius 1 is 1.21 bits per heavy atom. The largest absolute Gasteiger partial charge is 0.480 e. The number of thioether (sulfide) groups is 1. The third-order valence-electron chi connectivity index (χ3n) is 5.06. The molecule has 1 aromatic rings. The summed E-state index contributed by atoms with van der Waals surface area (Å²) in [4.78, 5) is 38.0. The summed E-state index contributed by atoms with van der Waals surface area (Å²) in [6, 6.07) is 8.30. The molecule has 6 heteroatoms. The van der Waals surface area contributed by atoms with Gasteiger partial charge in [0.25, 0.3) is 0 Å². The number of rotatable bonds is 4. The van der Waals surface area contributed by atoms with Gasteiger partial charge in [-0.15, -0.1) is 0 Å². The second-order valence-corrected chi connectivity index (χ2v) is 8.13. The maximum Gasteiger partial charge on any atom is 0.326 e. The summed E-state index contributed by atoms with van der Waals surface area (Å²) in [5.41, 5.74) is 0.332. The Labute approximate surface area is 145 Å². The Hall–Kier alpha value is -1.82. The van der Waals surface area contributed by atoms with E-state index in [2.05, 4.69) is 0 Å². The number of amides is 1. The first-order chi connectivity index (χ1) is 11.3. The maximum absolute atomic E-state index is 12.8. The van der Waals surface area contributed by atoms with Crippen LogP contribution >= 0.6 is 11.8 Å². The molecular weight excluding hydrogens is 326 g/mol. The predicted molar refractivity (Wildman–Crippen MR) is 91.8 cm³/mol. The second kappa shape index (κ2) is 6.24. The average Bonchev–Trinajstić information content (AvgIpc) is 2.93. The van der Waals surface area contributed by atoms with E-state index in [1.165, 1.54) is 16.7 Å². The lowest BCUT2D eigenvalue weighted by atomic mass is 10.1. The molecular formula is C18H21NO4S. The molecule has 5 nitrogen and oxygen atoms in total. The van der Waals surface area contributed by atoms with Crippen molar-refractivity contribution >= 4 is 28.8 Å². The molecule has 1 heterocycles. The van der Waals surface area contributed by atoms with Gasteiger partial charge in [-0.05, 0) is 18.3 Å². The zero-order valence-electron chi connectivity index (χ0n) is 13.8. The van der Waals surface area contributed by atoms with Crippen molar-refractivity contribution in [1.29, 1.82) is 0 Å². The first-order valence-corrected chi connectivity index (χ1v) is 9.01. The van der Waals surface area contributed by atoms with Crippen molar-refractivity contribution in [3.05, 3.63) is 35.9 Å². The first-order valence-electron chi connectivity index (χ1n) is 8.13. The van der Waals surface area contributed by atoms with Gasteiger partial charge in [0.1, 0.15) is 6.04 Å². The van der Waals surface area contributed by atoms with Gasteiger partial charge in [0.05, 0.1) is 5.92 Å². The highest BCUT2D eigenvalue weighted by atomic mass is 32.2. The van der Waals surface area contributed by atoms with Crippen LogP contribution in [0.1, 0.15) is 37.0 Å². The number of hydrogen-bond donors (Lipinski definition) is 1. The van der Waals surface area contributed by atoms with Crippen molar-refractivity contribution in [1.82, 2.24) is 4.90 Å². The van der Waals surface area contributed by atoms with Crippen LogP contribution in [0.25, 0.3) is 0 Å². The molecule has 2 unspecified atom stereocenters. The summed E-state index contributed by atoms with van der Waals surface area (Å²) < 4.78 is 0. The average molecular weight is 347 g/mol. The monoisotopic (exact) mass is 347 g/mol. The third kappa shape index (κ3) is 2.95. The molecule has 0 spiro atoms. The van der Waals surface area contributed by atoms with Crippen LogP contribution in [-0.2, 0) is 9.59 Å². The fraction of sp³-hybridized carbons (Fsp3) is 0.500. The van der Waals surface area contributed by atoms with Crippen LogP contribution in [0.4, 0.5) is 0 Å². The van der Waals surface area contributed by atoms with Crippen LogP contribution in [0.3, 0.4) is 0 Å². The van der Waals surface area contributed by atoms with Crippen molar-refractivity contribution in [2.45, 2.75) is 38.0 Å². The molecule has 1 saturated heterocycles. The molecule has 3 rings (SSSR count). The van der Waals surface area contributed by atoms with E-state index in [9.17, 15) is 19.5 Å². The molecule has 1 amide bonds. The van der Waals surface area contributed by atoms with Gasteiger partial charge in [0.2, 0.25) is 11.0 Å². The molecule has 0 radical (unpaired) electrons. The minimum absolute atomic E-state index is 0.0415. The molecule has 1 aliphatic heterocycles. The summed E-state index contributed by atoms with van der Waals surface area (Å²) in [5.74, 6) is -1.36. The number of likely N-dealkylation sites (tertiary alicyclic amines) is 1. The maximum atomic E-state index is 12.8. The van der Waals surface area contributed by atoms with Crippen molar-refractivity contribution in [3.63, 3.8) is 0 Å². The van der Waals surface area contributed by atoms with E-state index in [0.717, 1.165) is 6.42 Å². The van der Waals surface area contributed by atoms with Gasteiger partial charge < -0.3 is 10.0 Å². The van der Waals surface area contributed by atoms with Gasteiger partial charge in [-0.2, -0.15) is 0 Å². The van der Waals surface area contributed by atoms with Crippen LogP contribution in [0.15, 0.2) is 30.3 Å². The fourth-order valence-corrected chi connectivity index (χ4v) is 4.96. The van der Waals surface area contributed by atoms with Gasteiger partial charge in [-0.25, -0.2) is 4.79 Å². The minimum atomic E-state index is -0.941. The van der Waals surface area contributed by atoms with Crippen LogP contribution in [0.2, 0.25) is 0 Å². The molecule has 1 aromatic carbocycles. The standard InChI is InChI=1S/C18H21NO4S/c1-18(2)13(15(20)19-10-6-9-12(19)16(21)22)14(18)24-17(23)11-7-4-3-5-8-11/h3-5,7-8,12-14H,6,9-10H2,1-2H3,(H,21,22)/t12-,13?,14?/m0/s1. The van der Waals surface area contributed by atoms with Gasteiger partial charge >= 0.3 is 5.97 Å². The van der Waals surface area contributed by atoms with E-state index >= 15 is 0 Å². The lowest BCUT2D eigenvalue weighted by Crippen LogP contribution is -2.42. The zero-order valence-corrected chi connectivity index (χ0v) is 14.6. The Bertz CT molecular complexity index is 673. The number of carboxylic acids is 1. The Balaban J connectivity index is 1.70. The molecule has 3 atom stereocenters. The summed E-state index contributed by atoms with van der Waals surface area (Å²) in [6.07, 6.45) is 1.23. The molecule has 1 aliphatic carbocycles. The van der Waals surface area contributed by atoms with E-state index < -0.39 is 12.0 Å². The number of hydrogen-bond acceptors (Lipinski definition) is 4. The van der Waals surface area contributed by atoms with E-state index in [4.69, 9.17) is 0 Å². The quantitative estimate of drug-likeness (QED) is 0.906. The normalized spacial score (nSPS) is 27.8. The van der Waals surface area contributed by atoms with E-state index in [1.807, 2.05) is 32.0 Å². The SMILES string of the molecule is CC1(C)C(SC(=O)c2ccccc2)C1C(=O)N1CCC[C@H]1C(=O)O. The first kappa shape index (κ1) is 17.0. The number of carbonyl (C=O) groups excluding carboxylic acids is 2. The highest BCUT2D eigenvalue weighted by molar-refractivity contribution is 8.15. The Morgan fingerprint density at radius 2 is 1.88 bits per heavy atom. The Kier molecular flexibility index (Phi) is 4.42. The fourth-order valence-electron chi connectivity index (χ4n) is 3.48. The molecule has 1 N–H and O–H groups in total. The smallest absolute Gasteiger partial charge is 0.326 e. The van der Waals surface area contributed by atoms with E-state index in [0.29, 0.717) is 18.5 Å². The van der Waals surface area contributed by atoms with Gasteiger partial charge in [0, 0.05) is 17.4 Å². The summed E-state index contributed by atoms with van der Waals surface area (Å²) in [5, 5.41) is 9.13. The minimum Gasteiger partial charge on any atom is -0.480 e. The van der Waals surface area contributed by atoms with Crippen LogP contribution in [0.5, 0.6) is 0 Å². The van der Waals surface area contributed by atoms with E-state index in [-0.39, 0.29) is 27.6 Å². The van der Waals surface area contributed by atoms with Gasteiger partial charge in [-0.1, -0.05) is 55.9 Å². The lowest BCUT2D eigenvalue weighted by Gasteiger charge is -2.22. The topological polar surface area (TPSA) is 74.7 Å². The number of benzene rings is 1. The second-order valence-electron chi connectivity index (χ2n) is 7.02. The van der Waals surface area contributed by atoms with Crippen molar-refractivity contribution < 1.29 is 19.5 Å². The summed E-state index contributed by atoms with van der Waals surface area (Å²) in [6.45, 7) is 4.43. The van der Waals surface area contributed by atoms with Crippen molar-refractivity contribution in [2.24, 2.45) is 11.3 Å². The lowest BCUT2D eigenvalue weighted by molar-refractivity contribution is -0.149. The number of aliphatic carboxylic acids is 1. The highest BCUT2D eigenvalue weighted by Gasteiger charge is 2.64. The summed E-state index contributed by atoms with van der Waals surface area (Å²) >= 11 is 1.20. The Morgan fingerprint density at radius 3 is 2.50 bits per heavy atom. The zero-order chi connectivity index (χ0) is 17.5.